The zero-order chi connectivity index (χ0) is 17.2. The third-order valence-electron chi connectivity index (χ3n) is 4.02. The minimum atomic E-state index is -0.483. The fraction of sp³-hybridized carbons (Fsp3) is 0.882. The number of carbonyl (C=O) groups excluding carboxylic acids is 2. The monoisotopic (exact) mass is 422 g/mol. The molecule has 1 heterocycles. The second-order valence-electron chi connectivity index (χ2n) is 8.58. The maximum absolute atomic E-state index is 12.6. The van der Waals surface area contributed by atoms with Crippen molar-refractivity contribution in [1.82, 2.24) is 10.6 Å². The van der Waals surface area contributed by atoms with E-state index in [1.807, 2.05) is 13.8 Å². The zero-order valence-corrected chi connectivity index (χ0v) is 17.0. The van der Waals surface area contributed by atoms with E-state index in [2.05, 4.69) is 60.9 Å². The van der Waals surface area contributed by atoms with Crippen LogP contribution in [-0.2, 0) is 9.59 Å². The first-order valence-electron chi connectivity index (χ1n) is 8.10. The number of hydrogen-bond acceptors (Lipinski definition) is 2. The van der Waals surface area contributed by atoms with E-state index in [-0.39, 0.29) is 26.7 Å². The first-order valence-corrected chi connectivity index (χ1v) is 9.18. The maximum Gasteiger partial charge on any atom is 0.242 e. The van der Waals surface area contributed by atoms with Crippen LogP contribution in [0.15, 0.2) is 0 Å². The summed E-state index contributed by atoms with van der Waals surface area (Å²) in [7, 11) is 0. The Labute approximate surface area is 148 Å². The van der Waals surface area contributed by atoms with E-state index >= 15 is 0 Å². The van der Waals surface area contributed by atoms with Crippen LogP contribution >= 0.6 is 22.6 Å². The number of nitrogens with one attached hydrogen (secondary N) is 2. The van der Waals surface area contributed by atoms with Gasteiger partial charge < -0.3 is 10.6 Å². The van der Waals surface area contributed by atoms with Crippen molar-refractivity contribution in [2.45, 2.75) is 76.7 Å². The maximum atomic E-state index is 12.6. The van der Waals surface area contributed by atoms with Crippen molar-refractivity contribution in [2.75, 3.05) is 6.54 Å². The Morgan fingerprint density at radius 1 is 1.23 bits per heavy atom. The standard InChI is InChI=1S/C17H31IN2O2/c1-15(2,11-17(5,6)18)10-16(3,4)14(22)20-12-8-7-9-19-13(12)21/h12H,7-11H2,1-6H3,(H,19,21)(H,20,22). The Bertz CT molecular complexity index is 425. The Kier molecular flexibility index (Phi) is 6.32. The van der Waals surface area contributed by atoms with E-state index in [9.17, 15) is 9.59 Å². The lowest BCUT2D eigenvalue weighted by Gasteiger charge is -2.38. The summed E-state index contributed by atoms with van der Waals surface area (Å²) < 4.78 is 0.205. The average Bonchev–Trinajstić information content (AvgIpc) is 2.27. The molecule has 5 heteroatoms. The van der Waals surface area contributed by atoms with Crippen LogP contribution in [0, 0.1) is 10.8 Å². The van der Waals surface area contributed by atoms with Crippen LogP contribution in [0.4, 0.5) is 0 Å². The summed E-state index contributed by atoms with van der Waals surface area (Å²) in [6, 6.07) is -0.371. The molecule has 0 saturated carbocycles. The molecule has 0 aromatic heterocycles. The normalized spacial score (nSPS) is 20.5. The van der Waals surface area contributed by atoms with Crippen LogP contribution in [0.2, 0.25) is 0 Å². The molecule has 1 saturated heterocycles. The van der Waals surface area contributed by atoms with Crippen LogP contribution < -0.4 is 10.6 Å². The Morgan fingerprint density at radius 2 is 1.82 bits per heavy atom. The summed E-state index contributed by atoms with van der Waals surface area (Å²) in [5.74, 6) is -0.0723. The predicted molar refractivity (Wildman–Crippen MR) is 99.1 cm³/mol. The Hall–Kier alpha value is -0.330. The second-order valence-corrected chi connectivity index (χ2v) is 11.5. The van der Waals surface area contributed by atoms with Gasteiger partial charge in [-0.15, -0.1) is 0 Å². The van der Waals surface area contributed by atoms with Crippen molar-refractivity contribution >= 4 is 34.4 Å². The van der Waals surface area contributed by atoms with Gasteiger partial charge in [-0.2, -0.15) is 0 Å². The molecule has 22 heavy (non-hydrogen) atoms. The Balaban J connectivity index is 2.67. The van der Waals surface area contributed by atoms with Crippen molar-refractivity contribution in [2.24, 2.45) is 10.8 Å². The summed E-state index contributed by atoms with van der Waals surface area (Å²) in [4.78, 5) is 24.4. The van der Waals surface area contributed by atoms with Gasteiger partial charge >= 0.3 is 0 Å². The van der Waals surface area contributed by atoms with Crippen molar-refractivity contribution in [3.8, 4) is 0 Å². The van der Waals surface area contributed by atoms with Crippen LogP contribution in [0.5, 0.6) is 0 Å². The molecule has 0 aromatic rings. The number of piperidine rings is 1. The van der Waals surface area contributed by atoms with Gasteiger partial charge in [-0.1, -0.05) is 64.1 Å². The summed E-state index contributed by atoms with van der Waals surface area (Å²) in [5.41, 5.74) is -0.413. The fourth-order valence-corrected chi connectivity index (χ4v) is 4.77. The van der Waals surface area contributed by atoms with Crippen LogP contribution in [0.1, 0.15) is 67.2 Å². The van der Waals surface area contributed by atoms with Crippen LogP contribution in [0.3, 0.4) is 0 Å². The SMILES string of the molecule is CC(C)(I)CC(C)(C)CC(C)(C)C(=O)NC1CCCNC1=O. The molecule has 1 atom stereocenters. The fourth-order valence-electron chi connectivity index (χ4n) is 3.74. The lowest BCUT2D eigenvalue weighted by molar-refractivity contribution is -0.136. The number of carbonyl (C=O) groups is 2. The second kappa shape index (κ2) is 7.05. The molecule has 128 valence electrons. The molecule has 0 spiro atoms. The molecule has 4 nitrogen and oxygen atoms in total. The average molecular weight is 422 g/mol. The number of hydrogen-bond donors (Lipinski definition) is 2. The number of amides is 2. The van der Waals surface area contributed by atoms with Gasteiger partial charge in [0, 0.05) is 15.4 Å². The highest BCUT2D eigenvalue weighted by atomic mass is 127. The van der Waals surface area contributed by atoms with Crippen molar-refractivity contribution in [1.29, 1.82) is 0 Å². The molecule has 1 aliphatic heterocycles. The molecule has 0 bridgehead atoms. The molecule has 1 fully saturated rings. The van der Waals surface area contributed by atoms with E-state index in [1.54, 1.807) is 0 Å². The van der Waals surface area contributed by atoms with E-state index in [4.69, 9.17) is 0 Å². The van der Waals surface area contributed by atoms with Gasteiger partial charge in [0.25, 0.3) is 0 Å². The van der Waals surface area contributed by atoms with E-state index in [0.717, 1.165) is 25.7 Å². The highest BCUT2D eigenvalue weighted by Gasteiger charge is 2.38. The summed E-state index contributed by atoms with van der Waals surface area (Å²) in [5, 5.41) is 5.76. The molecule has 0 aromatic carbocycles. The van der Waals surface area contributed by atoms with Crippen LogP contribution in [0.25, 0.3) is 0 Å². The van der Waals surface area contributed by atoms with Gasteiger partial charge in [-0.25, -0.2) is 0 Å². The Morgan fingerprint density at radius 3 is 2.32 bits per heavy atom. The minimum absolute atomic E-state index is 0.0195. The number of halogens is 1. The highest BCUT2D eigenvalue weighted by Crippen LogP contribution is 2.42. The van der Waals surface area contributed by atoms with Crippen molar-refractivity contribution in [3.63, 3.8) is 0 Å². The van der Waals surface area contributed by atoms with E-state index < -0.39 is 5.41 Å². The lowest BCUT2D eigenvalue weighted by Crippen LogP contribution is -2.53. The van der Waals surface area contributed by atoms with Gasteiger partial charge in [0.2, 0.25) is 11.8 Å². The molecular weight excluding hydrogens is 391 g/mol. The molecule has 2 N–H and O–H groups in total. The summed E-state index contributed by atoms with van der Waals surface area (Å²) in [6.45, 7) is 13.5. The van der Waals surface area contributed by atoms with Gasteiger partial charge in [-0.05, 0) is 31.1 Å². The lowest BCUT2D eigenvalue weighted by atomic mass is 9.71. The first kappa shape index (κ1) is 19.7. The molecule has 1 unspecified atom stereocenters. The van der Waals surface area contributed by atoms with Crippen LogP contribution in [-0.4, -0.2) is 27.8 Å². The summed E-state index contributed by atoms with van der Waals surface area (Å²) >= 11 is 2.46. The van der Waals surface area contributed by atoms with Crippen molar-refractivity contribution in [3.05, 3.63) is 0 Å². The molecule has 1 rings (SSSR count). The topological polar surface area (TPSA) is 58.2 Å². The minimum Gasteiger partial charge on any atom is -0.354 e. The highest BCUT2D eigenvalue weighted by molar-refractivity contribution is 14.1. The molecule has 1 aliphatic rings. The van der Waals surface area contributed by atoms with Gasteiger partial charge in [0.15, 0.2) is 0 Å². The number of rotatable bonds is 6. The zero-order valence-electron chi connectivity index (χ0n) is 14.8. The molecule has 0 aliphatic carbocycles. The number of alkyl halides is 1. The molecular formula is C17H31IN2O2. The first-order chi connectivity index (χ1) is 9.82. The summed E-state index contributed by atoms with van der Waals surface area (Å²) in [6.07, 6.45) is 3.50. The van der Waals surface area contributed by atoms with E-state index in [0.29, 0.717) is 6.54 Å². The molecule has 0 radical (unpaired) electrons. The predicted octanol–water partition coefficient (Wildman–Crippen LogP) is 3.43. The van der Waals surface area contributed by atoms with Gasteiger partial charge in [-0.3, -0.25) is 9.59 Å². The quantitative estimate of drug-likeness (QED) is 0.509. The smallest absolute Gasteiger partial charge is 0.242 e. The van der Waals surface area contributed by atoms with Gasteiger partial charge in [0.1, 0.15) is 6.04 Å². The van der Waals surface area contributed by atoms with Crippen molar-refractivity contribution < 1.29 is 9.59 Å². The third-order valence-corrected chi connectivity index (χ3v) is 4.41. The third kappa shape index (κ3) is 6.42. The molecule has 2 amide bonds. The van der Waals surface area contributed by atoms with E-state index in [1.165, 1.54) is 0 Å². The van der Waals surface area contributed by atoms with Gasteiger partial charge in [0.05, 0.1) is 0 Å². The largest absolute Gasteiger partial charge is 0.354 e.